The summed E-state index contributed by atoms with van der Waals surface area (Å²) >= 11 is 0. The number of nitriles is 1. The van der Waals surface area contributed by atoms with Crippen molar-refractivity contribution in [2.45, 2.75) is 25.4 Å². The molecule has 0 spiro atoms. The fourth-order valence-electron chi connectivity index (χ4n) is 1.46. The van der Waals surface area contributed by atoms with Gasteiger partial charge in [0, 0.05) is 16.4 Å². The third-order valence-corrected chi connectivity index (χ3v) is 5.48. The molecule has 0 aliphatic rings. The maximum absolute atomic E-state index is 11.4. The van der Waals surface area contributed by atoms with Crippen molar-refractivity contribution >= 4 is 29.6 Å². The number of aromatic nitrogens is 2. The van der Waals surface area contributed by atoms with Crippen LogP contribution in [-0.2, 0) is 25.4 Å². The Kier molecular flexibility index (Phi) is 4.60. The molecule has 19 heavy (non-hydrogen) atoms. The van der Waals surface area contributed by atoms with Crippen LogP contribution in [0.25, 0.3) is 0 Å². The van der Waals surface area contributed by atoms with Crippen molar-refractivity contribution in [1.29, 1.82) is 5.26 Å². The summed E-state index contributed by atoms with van der Waals surface area (Å²) in [4.78, 5) is 0. The van der Waals surface area contributed by atoms with Gasteiger partial charge in [0.25, 0.3) is 9.05 Å². The SMILES string of the molecule is CCS(=O)(=O)CCn1nc(C)c(C#N)c1S(=O)(=O)Cl. The predicted octanol–water partition coefficient (Wildman–Crippen LogP) is 0.425. The Labute approximate surface area is 116 Å². The first-order chi connectivity index (χ1) is 8.62. The third-order valence-electron chi connectivity index (χ3n) is 2.48. The molecule has 0 aliphatic heterocycles. The average molecular weight is 326 g/mol. The van der Waals surface area contributed by atoms with Gasteiger partial charge in [0.15, 0.2) is 14.9 Å². The highest BCUT2D eigenvalue weighted by molar-refractivity contribution is 8.13. The molecule has 0 unspecified atom stereocenters. The molecule has 0 saturated heterocycles. The Morgan fingerprint density at radius 1 is 1.37 bits per heavy atom. The van der Waals surface area contributed by atoms with E-state index < -0.39 is 23.9 Å². The number of hydrogen-bond acceptors (Lipinski definition) is 6. The quantitative estimate of drug-likeness (QED) is 0.726. The van der Waals surface area contributed by atoms with E-state index in [9.17, 15) is 16.8 Å². The second-order valence-electron chi connectivity index (χ2n) is 3.77. The molecule has 106 valence electrons. The van der Waals surface area contributed by atoms with Crippen molar-refractivity contribution in [3.05, 3.63) is 11.3 Å². The van der Waals surface area contributed by atoms with E-state index in [1.54, 1.807) is 6.07 Å². The molecule has 1 heterocycles. The number of aryl methyl sites for hydroxylation is 2. The van der Waals surface area contributed by atoms with Crippen LogP contribution < -0.4 is 0 Å². The van der Waals surface area contributed by atoms with Gasteiger partial charge in [0.2, 0.25) is 0 Å². The lowest BCUT2D eigenvalue weighted by atomic mass is 10.3. The number of rotatable bonds is 5. The summed E-state index contributed by atoms with van der Waals surface area (Å²) < 4.78 is 46.7. The summed E-state index contributed by atoms with van der Waals surface area (Å²) in [5.41, 5.74) is 0.0273. The molecule has 0 N–H and O–H groups in total. The van der Waals surface area contributed by atoms with Crippen LogP contribution in [0.4, 0.5) is 0 Å². The van der Waals surface area contributed by atoms with Gasteiger partial charge in [-0.3, -0.25) is 4.68 Å². The maximum Gasteiger partial charge on any atom is 0.279 e. The summed E-state index contributed by atoms with van der Waals surface area (Å²) in [6.07, 6.45) is 0. The van der Waals surface area contributed by atoms with Gasteiger partial charge in [-0.05, 0) is 6.92 Å². The molecule has 10 heteroatoms. The minimum Gasteiger partial charge on any atom is -0.251 e. The zero-order valence-electron chi connectivity index (χ0n) is 10.3. The molecule has 1 aromatic heterocycles. The van der Waals surface area contributed by atoms with Crippen molar-refractivity contribution in [1.82, 2.24) is 9.78 Å². The lowest BCUT2D eigenvalue weighted by molar-refractivity contribution is 0.549. The van der Waals surface area contributed by atoms with Gasteiger partial charge in [-0.15, -0.1) is 0 Å². The molecular formula is C9H12ClN3O4S2. The van der Waals surface area contributed by atoms with Crippen LogP contribution in [0.3, 0.4) is 0 Å². The molecule has 0 aliphatic carbocycles. The molecule has 1 aromatic rings. The molecule has 0 bridgehead atoms. The zero-order valence-corrected chi connectivity index (χ0v) is 12.7. The monoisotopic (exact) mass is 325 g/mol. The molecular weight excluding hydrogens is 314 g/mol. The van der Waals surface area contributed by atoms with E-state index >= 15 is 0 Å². The highest BCUT2D eigenvalue weighted by Gasteiger charge is 2.26. The smallest absolute Gasteiger partial charge is 0.251 e. The number of sulfone groups is 1. The summed E-state index contributed by atoms with van der Waals surface area (Å²) in [6.45, 7) is 2.78. The Bertz CT molecular complexity index is 728. The van der Waals surface area contributed by atoms with E-state index in [0.29, 0.717) is 0 Å². The van der Waals surface area contributed by atoms with Crippen LogP contribution in [0.2, 0.25) is 0 Å². The second-order valence-corrected chi connectivity index (χ2v) is 8.73. The summed E-state index contributed by atoms with van der Waals surface area (Å²) in [7, 11) is -2.19. The van der Waals surface area contributed by atoms with Crippen LogP contribution >= 0.6 is 10.7 Å². The number of hydrogen-bond donors (Lipinski definition) is 0. The first-order valence-electron chi connectivity index (χ1n) is 5.25. The molecule has 0 saturated carbocycles. The van der Waals surface area contributed by atoms with Gasteiger partial charge >= 0.3 is 0 Å². The molecule has 0 aromatic carbocycles. The molecule has 1 rings (SSSR count). The van der Waals surface area contributed by atoms with E-state index in [4.69, 9.17) is 15.9 Å². The summed E-state index contributed by atoms with van der Waals surface area (Å²) in [5.74, 6) is -0.323. The highest BCUT2D eigenvalue weighted by Crippen LogP contribution is 2.22. The highest BCUT2D eigenvalue weighted by atomic mass is 35.7. The van der Waals surface area contributed by atoms with Crippen molar-refractivity contribution < 1.29 is 16.8 Å². The minimum absolute atomic E-state index is 0.0542. The Hall–Kier alpha value is -1.11. The standard InChI is InChI=1S/C9H12ClN3O4S2/c1-3-18(14,15)5-4-13-9(19(10,16)17)8(6-11)7(2)12-13/h3-5H2,1-2H3. The zero-order chi connectivity index (χ0) is 14.8. The van der Waals surface area contributed by atoms with Crippen molar-refractivity contribution in [3.63, 3.8) is 0 Å². The Balaban J connectivity index is 3.28. The Morgan fingerprint density at radius 3 is 2.37 bits per heavy atom. The summed E-state index contributed by atoms with van der Waals surface area (Å²) in [5, 5.41) is 12.3. The van der Waals surface area contributed by atoms with Crippen LogP contribution in [0.5, 0.6) is 0 Å². The van der Waals surface area contributed by atoms with Gasteiger partial charge in [-0.1, -0.05) is 6.92 Å². The van der Waals surface area contributed by atoms with Gasteiger partial charge < -0.3 is 0 Å². The van der Waals surface area contributed by atoms with Gasteiger partial charge in [0.05, 0.1) is 18.0 Å². The third kappa shape index (κ3) is 3.68. The average Bonchev–Trinajstić information content (AvgIpc) is 2.62. The van der Waals surface area contributed by atoms with Crippen LogP contribution in [-0.4, -0.2) is 38.1 Å². The fourth-order valence-corrected chi connectivity index (χ4v) is 3.49. The molecule has 0 amide bonds. The fraction of sp³-hybridized carbons (Fsp3) is 0.556. The first-order valence-corrected chi connectivity index (χ1v) is 9.38. The van der Waals surface area contributed by atoms with Crippen LogP contribution in [0, 0.1) is 18.3 Å². The van der Waals surface area contributed by atoms with Gasteiger partial charge in [0.1, 0.15) is 11.6 Å². The lowest BCUT2D eigenvalue weighted by Gasteiger charge is -2.05. The molecule has 0 atom stereocenters. The largest absolute Gasteiger partial charge is 0.279 e. The molecule has 0 radical (unpaired) electrons. The van der Waals surface area contributed by atoms with E-state index in [2.05, 4.69) is 5.10 Å². The van der Waals surface area contributed by atoms with Crippen molar-refractivity contribution in [2.75, 3.05) is 11.5 Å². The number of halogens is 1. The van der Waals surface area contributed by atoms with E-state index in [-0.39, 0.29) is 29.3 Å². The minimum atomic E-state index is -4.17. The maximum atomic E-state index is 11.4. The van der Waals surface area contributed by atoms with Crippen LogP contribution in [0.15, 0.2) is 5.03 Å². The number of nitrogens with zero attached hydrogens (tertiary/aromatic N) is 3. The normalized spacial score (nSPS) is 12.3. The van der Waals surface area contributed by atoms with Gasteiger partial charge in [-0.2, -0.15) is 10.4 Å². The molecule has 0 fully saturated rings. The predicted molar refractivity (Wildman–Crippen MR) is 69.0 cm³/mol. The second kappa shape index (κ2) is 5.48. The van der Waals surface area contributed by atoms with E-state index in [1.807, 2.05) is 0 Å². The van der Waals surface area contributed by atoms with Crippen molar-refractivity contribution in [2.24, 2.45) is 0 Å². The van der Waals surface area contributed by atoms with Crippen molar-refractivity contribution in [3.8, 4) is 6.07 Å². The summed E-state index contributed by atoms with van der Waals surface area (Å²) in [6, 6.07) is 1.71. The molecule has 7 nitrogen and oxygen atoms in total. The first kappa shape index (κ1) is 15.9. The van der Waals surface area contributed by atoms with E-state index in [1.165, 1.54) is 13.8 Å². The lowest BCUT2D eigenvalue weighted by Crippen LogP contribution is -2.17. The van der Waals surface area contributed by atoms with Gasteiger partial charge in [-0.25, -0.2) is 16.8 Å². The van der Waals surface area contributed by atoms with E-state index in [0.717, 1.165) is 4.68 Å². The topological polar surface area (TPSA) is 110 Å². The van der Waals surface area contributed by atoms with Crippen LogP contribution in [0.1, 0.15) is 18.2 Å². The Morgan fingerprint density at radius 2 is 1.95 bits per heavy atom.